The van der Waals surface area contributed by atoms with E-state index in [1.165, 1.54) is 0 Å². The lowest BCUT2D eigenvalue weighted by Gasteiger charge is -2.12. The van der Waals surface area contributed by atoms with Gasteiger partial charge in [0.15, 0.2) is 5.58 Å². The summed E-state index contributed by atoms with van der Waals surface area (Å²) in [6.07, 6.45) is 0. The zero-order chi connectivity index (χ0) is 21.1. The van der Waals surface area contributed by atoms with E-state index < -0.39 is 0 Å². The van der Waals surface area contributed by atoms with Crippen molar-refractivity contribution < 1.29 is 13.9 Å². The van der Waals surface area contributed by atoms with E-state index in [0.29, 0.717) is 41.0 Å². The summed E-state index contributed by atoms with van der Waals surface area (Å²) in [6, 6.07) is 15.3. The third-order valence-electron chi connectivity index (χ3n) is 4.64. The summed E-state index contributed by atoms with van der Waals surface area (Å²) in [5, 5.41) is 5.87. The highest BCUT2D eigenvalue weighted by Crippen LogP contribution is 2.22. The van der Waals surface area contributed by atoms with Gasteiger partial charge in [0.05, 0.1) is 24.1 Å². The second kappa shape index (κ2) is 8.20. The van der Waals surface area contributed by atoms with E-state index >= 15 is 0 Å². The van der Waals surface area contributed by atoms with Gasteiger partial charge in [-0.15, -0.1) is 0 Å². The maximum absolute atomic E-state index is 12.8. The van der Waals surface area contributed by atoms with Crippen LogP contribution in [-0.4, -0.2) is 28.0 Å². The molecular weight excluding hydrogens is 382 g/mol. The summed E-state index contributed by atoms with van der Waals surface area (Å²) in [7, 11) is 1.60. The highest BCUT2D eigenvalue weighted by molar-refractivity contribution is 5.96. The van der Waals surface area contributed by atoms with Gasteiger partial charge in [-0.2, -0.15) is 4.98 Å². The second-order valence-electron chi connectivity index (χ2n) is 6.70. The number of oxazole rings is 1. The van der Waals surface area contributed by atoms with Gasteiger partial charge in [-0.1, -0.05) is 30.3 Å². The Morgan fingerprint density at radius 1 is 1.00 bits per heavy atom. The van der Waals surface area contributed by atoms with Gasteiger partial charge in [-0.3, -0.25) is 10.1 Å². The second-order valence-corrected chi connectivity index (χ2v) is 6.70. The summed E-state index contributed by atoms with van der Waals surface area (Å²) in [5.74, 6) is 0.794. The van der Waals surface area contributed by atoms with Crippen LogP contribution in [0.25, 0.3) is 11.1 Å². The fourth-order valence-corrected chi connectivity index (χ4v) is 3.24. The van der Waals surface area contributed by atoms with Crippen molar-refractivity contribution in [1.29, 1.82) is 0 Å². The number of aromatic nitrogens is 3. The largest absolute Gasteiger partial charge is 0.496 e. The van der Waals surface area contributed by atoms with Crippen LogP contribution in [-0.2, 0) is 6.54 Å². The maximum atomic E-state index is 12.8. The molecule has 0 atom stereocenters. The number of amides is 1. The fraction of sp³-hybridized carbons (Fsp3) is 0.182. The van der Waals surface area contributed by atoms with Crippen molar-refractivity contribution in [3.63, 3.8) is 0 Å². The molecule has 0 aliphatic rings. The predicted octanol–water partition coefficient (Wildman–Crippen LogP) is 3.92. The molecule has 4 aromatic rings. The first-order valence-corrected chi connectivity index (χ1v) is 9.43. The molecule has 1 amide bonds. The quantitative estimate of drug-likeness (QED) is 0.503. The van der Waals surface area contributed by atoms with E-state index in [9.17, 15) is 4.79 Å². The van der Waals surface area contributed by atoms with Crippen LogP contribution in [0.15, 0.2) is 52.9 Å². The lowest BCUT2D eigenvalue weighted by molar-refractivity contribution is 0.0948. The number of nitrogens with one attached hydrogen (secondary N) is 2. The molecule has 2 heterocycles. The van der Waals surface area contributed by atoms with Crippen molar-refractivity contribution >= 4 is 29.0 Å². The fourth-order valence-electron chi connectivity index (χ4n) is 3.24. The molecule has 0 spiro atoms. The number of hydrogen-bond acceptors (Lipinski definition) is 7. The van der Waals surface area contributed by atoms with Gasteiger partial charge in [0, 0.05) is 12.1 Å². The Kier molecular flexibility index (Phi) is 5.30. The zero-order valence-electron chi connectivity index (χ0n) is 16.9. The number of para-hydroxylation sites is 3. The van der Waals surface area contributed by atoms with Crippen molar-refractivity contribution in [2.24, 2.45) is 0 Å². The van der Waals surface area contributed by atoms with Crippen LogP contribution in [0.3, 0.4) is 0 Å². The minimum absolute atomic E-state index is 0.246. The zero-order valence-corrected chi connectivity index (χ0v) is 16.9. The molecule has 2 aromatic heterocycles. The van der Waals surface area contributed by atoms with E-state index in [0.717, 1.165) is 16.8 Å². The van der Waals surface area contributed by atoms with Crippen LogP contribution in [0.2, 0.25) is 0 Å². The molecule has 0 fully saturated rings. The van der Waals surface area contributed by atoms with Gasteiger partial charge in [0.1, 0.15) is 11.3 Å². The van der Waals surface area contributed by atoms with E-state index in [4.69, 9.17) is 9.15 Å². The first kappa shape index (κ1) is 19.4. The Bertz CT molecular complexity index is 1160. The van der Waals surface area contributed by atoms with Gasteiger partial charge in [0.25, 0.3) is 5.91 Å². The Balaban J connectivity index is 1.51. The molecule has 0 saturated carbocycles. The van der Waals surface area contributed by atoms with Crippen molar-refractivity contribution in [2.45, 2.75) is 20.4 Å². The SMILES string of the molecule is COc1ccccc1CNC(=O)c1c(C)nc(Nc2nc3ccccc3o2)nc1C. The Morgan fingerprint density at radius 3 is 2.43 bits per heavy atom. The number of anilines is 2. The molecule has 0 aliphatic heterocycles. The molecule has 8 heteroatoms. The Hall–Kier alpha value is -3.94. The van der Waals surface area contributed by atoms with Crippen molar-refractivity contribution in [2.75, 3.05) is 12.4 Å². The molecule has 0 radical (unpaired) electrons. The topological polar surface area (TPSA) is 102 Å². The van der Waals surface area contributed by atoms with Crippen LogP contribution in [0, 0.1) is 13.8 Å². The number of nitrogens with zero attached hydrogens (tertiary/aromatic N) is 3. The summed E-state index contributed by atoms with van der Waals surface area (Å²) >= 11 is 0. The Morgan fingerprint density at radius 2 is 1.70 bits per heavy atom. The van der Waals surface area contributed by atoms with Crippen molar-refractivity contribution in [3.05, 3.63) is 71.0 Å². The highest BCUT2D eigenvalue weighted by atomic mass is 16.5. The Labute approximate surface area is 173 Å². The minimum atomic E-state index is -0.246. The average Bonchev–Trinajstić information content (AvgIpc) is 3.14. The van der Waals surface area contributed by atoms with Crippen LogP contribution in [0.4, 0.5) is 12.0 Å². The van der Waals surface area contributed by atoms with Gasteiger partial charge in [-0.05, 0) is 32.0 Å². The lowest BCUT2D eigenvalue weighted by Crippen LogP contribution is -2.26. The minimum Gasteiger partial charge on any atom is -0.496 e. The number of fused-ring (bicyclic) bond motifs is 1. The molecule has 152 valence electrons. The number of carbonyl (C=O) groups is 1. The number of ether oxygens (including phenoxy) is 1. The van der Waals surface area contributed by atoms with E-state index in [-0.39, 0.29) is 5.91 Å². The highest BCUT2D eigenvalue weighted by Gasteiger charge is 2.17. The summed E-state index contributed by atoms with van der Waals surface area (Å²) < 4.78 is 11.0. The number of hydrogen-bond donors (Lipinski definition) is 2. The molecule has 2 aromatic carbocycles. The van der Waals surface area contributed by atoms with Crippen molar-refractivity contribution in [1.82, 2.24) is 20.3 Å². The molecule has 30 heavy (non-hydrogen) atoms. The number of carbonyl (C=O) groups excluding carboxylic acids is 1. The van der Waals surface area contributed by atoms with E-state index in [1.54, 1.807) is 21.0 Å². The molecule has 0 saturated heterocycles. The smallest absolute Gasteiger partial charge is 0.302 e. The molecule has 0 unspecified atom stereocenters. The van der Waals surface area contributed by atoms with Crippen LogP contribution >= 0.6 is 0 Å². The summed E-state index contributed by atoms with van der Waals surface area (Å²) in [4.78, 5) is 25.9. The molecule has 8 nitrogen and oxygen atoms in total. The normalized spacial score (nSPS) is 10.8. The lowest BCUT2D eigenvalue weighted by atomic mass is 10.1. The first-order chi connectivity index (χ1) is 14.5. The van der Waals surface area contributed by atoms with Gasteiger partial charge in [-0.25, -0.2) is 9.97 Å². The summed E-state index contributed by atoms with van der Waals surface area (Å²) in [6.45, 7) is 3.87. The first-order valence-electron chi connectivity index (χ1n) is 9.43. The van der Waals surface area contributed by atoms with Crippen LogP contribution in [0.1, 0.15) is 27.3 Å². The molecule has 4 rings (SSSR count). The van der Waals surface area contributed by atoms with Crippen molar-refractivity contribution in [3.8, 4) is 5.75 Å². The molecule has 0 bridgehead atoms. The van der Waals surface area contributed by atoms with Gasteiger partial charge < -0.3 is 14.5 Å². The maximum Gasteiger partial charge on any atom is 0.302 e. The average molecular weight is 403 g/mol. The number of aryl methyl sites for hydroxylation is 2. The molecular formula is C22H21N5O3. The summed E-state index contributed by atoms with van der Waals surface area (Å²) in [5.41, 5.74) is 3.84. The van der Waals surface area contributed by atoms with E-state index in [1.807, 2.05) is 48.5 Å². The van der Waals surface area contributed by atoms with Gasteiger partial charge >= 0.3 is 6.01 Å². The van der Waals surface area contributed by atoms with Gasteiger partial charge in [0.2, 0.25) is 5.95 Å². The standard InChI is InChI=1S/C22H21N5O3/c1-13-19(20(28)23-12-15-8-4-6-10-17(15)29-3)14(2)25-21(24-13)27-22-26-16-9-5-7-11-18(16)30-22/h4-11H,12H2,1-3H3,(H,23,28)(H,24,25,26,27). The predicted molar refractivity (Wildman–Crippen MR) is 113 cm³/mol. The number of benzene rings is 2. The molecule has 0 aliphatic carbocycles. The number of methoxy groups -OCH3 is 1. The third-order valence-corrected chi connectivity index (χ3v) is 4.64. The monoisotopic (exact) mass is 403 g/mol. The van der Waals surface area contributed by atoms with Crippen LogP contribution in [0.5, 0.6) is 5.75 Å². The molecule has 2 N–H and O–H groups in total. The van der Waals surface area contributed by atoms with Crippen LogP contribution < -0.4 is 15.4 Å². The third kappa shape index (κ3) is 3.93. The van der Waals surface area contributed by atoms with E-state index in [2.05, 4.69) is 25.6 Å². The number of rotatable bonds is 6.